The Labute approximate surface area is 120 Å². The van der Waals surface area contributed by atoms with Crippen molar-refractivity contribution in [1.82, 2.24) is 0 Å². The van der Waals surface area contributed by atoms with Crippen LogP contribution in [-0.2, 0) is 15.6 Å². The van der Waals surface area contributed by atoms with Crippen molar-refractivity contribution in [3.63, 3.8) is 0 Å². The Balaban J connectivity index is 3.00. The first-order chi connectivity index (χ1) is 8.96. The predicted octanol–water partition coefficient (Wildman–Crippen LogP) is 2.33. The molecule has 0 fully saturated rings. The third-order valence-corrected chi connectivity index (χ3v) is 3.75. The van der Waals surface area contributed by atoms with E-state index in [2.05, 4.69) is 0 Å². The van der Waals surface area contributed by atoms with Crippen LogP contribution in [0.4, 0.5) is 18.9 Å². The maximum atomic E-state index is 12.5. The van der Waals surface area contributed by atoms with Gasteiger partial charge in [-0.3, -0.25) is 9.00 Å². The van der Waals surface area contributed by atoms with E-state index in [9.17, 15) is 27.3 Å². The van der Waals surface area contributed by atoms with Crippen molar-refractivity contribution >= 4 is 34.0 Å². The normalized spacial score (nSPS) is 16.4. The summed E-state index contributed by atoms with van der Waals surface area (Å²) in [6, 6.07) is 3.82. The van der Waals surface area contributed by atoms with Gasteiger partial charge in [0.25, 0.3) is 5.91 Å². The maximum absolute atomic E-state index is 12.5. The topological polar surface area (TPSA) is 66.4 Å². The first-order valence-electron chi connectivity index (χ1n) is 5.20. The number of nitrogens with one attached hydrogen (secondary N) is 1. The summed E-state index contributed by atoms with van der Waals surface area (Å²) in [6.07, 6.45) is -3.72. The van der Waals surface area contributed by atoms with Crippen molar-refractivity contribution in [2.75, 3.05) is 11.6 Å². The Hall–Kier alpha value is -1.12. The van der Waals surface area contributed by atoms with Crippen molar-refractivity contribution in [2.45, 2.75) is 23.6 Å². The SMILES string of the molecule is C[S@@](=O)c1ccc(NC(=O)C(C)(O)C(F)(F)F)c(Cl)c1. The molecule has 0 aliphatic rings. The lowest BCUT2D eigenvalue weighted by Crippen LogP contribution is -2.52. The van der Waals surface area contributed by atoms with Crippen molar-refractivity contribution in [3.05, 3.63) is 23.2 Å². The van der Waals surface area contributed by atoms with E-state index in [4.69, 9.17) is 11.6 Å². The molecule has 2 atom stereocenters. The van der Waals surface area contributed by atoms with Crippen LogP contribution in [0, 0.1) is 0 Å². The fraction of sp³-hybridized carbons (Fsp3) is 0.364. The van der Waals surface area contributed by atoms with Gasteiger partial charge in [-0.25, -0.2) is 0 Å². The molecule has 1 rings (SSSR count). The molecule has 0 spiro atoms. The monoisotopic (exact) mass is 329 g/mol. The zero-order valence-electron chi connectivity index (χ0n) is 10.4. The minimum Gasteiger partial charge on any atom is -0.373 e. The zero-order valence-corrected chi connectivity index (χ0v) is 12.0. The molecule has 0 aliphatic heterocycles. The Morgan fingerprint density at radius 2 is 1.95 bits per heavy atom. The molecule has 0 aliphatic carbocycles. The highest BCUT2D eigenvalue weighted by atomic mass is 35.5. The van der Waals surface area contributed by atoms with Gasteiger partial charge in [-0.15, -0.1) is 0 Å². The summed E-state index contributed by atoms with van der Waals surface area (Å²) >= 11 is 5.77. The van der Waals surface area contributed by atoms with Gasteiger partial charge < -0.3 is 10.4 Å². The van der Waals surface area contributed by atoms with E-state index in [1.54, 1.807) is 0 Å². The average molecular weight is 330 g/mol. The molecule has 1 amide bonds. The Bertz CT molecular complexity index is 560. The molecule has 9 heteroatoms. The molecule has 1 aromatic rings. The van der Waals surface area contributed by atoms with Gasteiger partial charge in [-0.05, 0) is 25.1 Å². The third kappa shape index (κ3) is 3.50. The maximum Gasteiger partial charge on any atom is 0.426 e. The number of alkyl halides is 3. The molecule has 20 heavy (non-hydrogen) atoms. The van der Waals surface area contributed by atoms with Crippen LogP contribution in [0.1, 0.15) is 6.92 Å². The number of amides is 1. The van der Waals surface area contributed by atoms with Gasteiger partial charge in [0.15, 0.2) is 0 Å². The highest BCUT2D eigenvalue weighted by Gasteiger charge is 2.55. The third-order valence-electron chi connectivity index (χ3n) is 2.51. The smallest absolute Gasteiger partial charge is 0.373 e. The first kappa shape index (κ1) is 16.9. The molecule has 0 radical (unpaired) electrons. The Morgan fingerprint density at radius 1 is 1.40 bits per heavy atom. The number of carbonyl (C=O) groups is 1. The molecular weight excluding hydrogens is 319 g/mol. The van der Waals surface area contributed by atoms with Gasteiger partial charge in [0.2, 0.25) is 5.60 Å². The number of carbonyl (C=O) groups excluding carboxylic acids is 1. The van der Waals surface area contributed by atoms with Crippen LogP contribution in [0.15, 0.2) is 23.1 Å². The fourth-order valence-corrected chi connectivity index (χ4v) is 1.98. The standard InChI is InChI=1S/C11H11ClF3NO3S/c1-10(18,11(13,14)15)9(17)16-8-4-3-6(20(2)19)5-7(8)12/h3-5,18H,1-2H3,(H,16,17)/t10?,20-/m1/s1. The van der Waals surface area contributed by atoms with E-state index in [0.29, 0.717) is 11.8 Å². The second-order valence-electron chi connectivity index (χ2n) is 4.12. The number of benzene rings is 1. The second kappa shape index (κ2) is 5.71. The van der Waals surface area contributed by atoms with E-state index in [0.717, 1.165) is 0 Å². The van der Waals surface area contributed by atoms with Crippen LogP contribution in [0.2, 0.25) is 5.02 Å². The lowest BCUT2D eigenvalue weighted by atomic mass is 10.1. The number of anilines is 1. The van der Waals surface area contributed by atoms with Crippen molar-refractivity contribution < 1.29 is 27.3 Å². The van der Waals surface area contributed by atoms with E-state index in [-0.39, 0.29) is 10.7 Å². The number of rotatable bonds is 3. The van der Waals surface area contributed by atoms with Gasteiger partial charge in [-0.2, -0.15) is 13.2 Å². The second-order valence-corrected chi connectivity index (χ2v) is 5.91. The van der Waals surface area contributed by atoms with Crippen LogP contribution >= 0.6 is 11.6 Å². The lowest BCUT2D eigenvalue weighted by molar-refractivity contribution is -0.242. The number of halogens is 4. The predicted molar refractivity (Wildman–Crippen MR) is 69.1 cm³/mol. The summed E-state index contributed by atoms with van der Waals surface area (Å²) in [5, 5.41) is 11.0. The van der Waals surface area contributed by atoms with Crippen molar-refractivity contribution in [1.29, 1.82) is 0 Å². The molecule has 112 valence electrons. The van der Waals surface area contributed by atoms with Crippen LogP contribution in [0.3, 0.4) is 0 Å². The van der Waals surface area contributed by atoms with E-state index in [1.807, 2.05) is 5.32 Å². The largest absolute Gasteiger partial charge is 0.426 e. The van der Waals surface area contributed by atoms with Gasteiger partial charge in [0.05, 0.1) is 10.7 Å². The molecule has 1 aromatic carbocycles. The summed E-state index contributed by atoms with van der Waals surface area (Å²) in [7, 11) is -1.32. The van der Waals surface area contributed by atoms with Gasteiger partial charge >= 0.3 is 6.18 Å². The van der Waals surface area contributed by atoms with Gasteiger partial charge in [-0.1, -0.05) is 11.6 Å². The molecule has 2 N–H and O–H groups in total. The molecule has 4 nitrogen and oxygen atoms in total. The molecular formula is C11H11ClF3NO3S. The lowest BCUT2D eigenvalue weighted by Gasteiger charge is -2.25. The Morgan fingerprint density at radius 3 is 2.35 bits per heavy atom. The van der Waals surface area contributed by atoms with E-state index >= 15 is 0 Å². The van der Waals surface area contributed by atoms with Crippen LogP contribution in [-0.4, -0.2) is 33.3 Å². The van der Waals surface area contributed by atoms with Crippen LogP contribution in [0.5, 0.6) is 0 Å². The molecule has 0 saturated heterocycles. The highest BCUT2D eigenvalue weighted by molar-refractivity contribution is 7.84. The number of hydrogen-bond donors (Lipinski definition) is 2. The number of aliphatic hydroxyl groups is 1. The number of hydrogen-bond acceptors (Lipinski definition) is 3. The summed E-state index contributed by atoms with van der Waals surface area (Å²) in [4.78, 5) is 11.8. The summed E-state index contributed by atoms with van der Waals surface area (Å²) in [5.74, 6) is -1.66. The van der Waals surface area contributed by atoms with E-state index < -0.39 is 28.5 Å². The Kier molecular flexibility index (Phi) is 4.83. The minimum absolute atomic E-state index is 0.0796. The zero-order chi connectivity index (χ0) is 15.7. The van der Waals surface area contributed by atoms with Gasteiger partial charge in [0, 0.05) is 22.0 Å². The van der Waals surface area contributed by atoms with Crippen molar-refractivity contribution in [2.24, 2.45) is 0 Å². The van der Waals surface area contributed by atoms with Crippen LogP contribution in [0.25, 0.3) is 0 Å². The molecule has 1 unspecified atom stereocenters. The molecule has 0 bridgehead atoms. The van der Waals surface area contributed by atoms with Crippen molar-refractivity contribution in [3.8, 4) is 0 Å². The quantitative estimate of drug-likeness (QED) is 0.894. The van der Waals surface area contributed by atoms with Gasteiger partial charge in [0.1, 0.15) is 0 Å². The fourth-order valence-electron chi connectivity index (χ4n) is 1.15. The first-order valence-corrected chi connectivity index (χ1v) is 7.14. The van der Waals surface area contributed by atoms with Crippen LogP contribution < -0.4 is 5.32 Å². The average Bonchev–Trinajstić information content (AvgIpc) is 2.29. The molecule has 0 saturated carbocycles. The molecule has 0 aromatic heterocycles. The highest BCUT2D eigenvalue weighted by Crippen LogP contribution is 2.32. The van der Waals surface area contributed by atoms with E-state index in [1.165, 1.54) is 24.5 Å². The molecule has 0 heterocycles. The summed E-state index contributed by atoms with van der Waals surface area (Å²) < 4.78 is 48.6. The summed E-state index contributed by atoms with van der Waals surface area (Å²) in [5.41, 5.74) is -3.65. The summed E-state index contributed by atoms with van der Waals surface area (Å²) in [6.45, 7) is 0.339. The minimum atomic E-state index is -5.12.